The van der Waals surface area contributed by atoms with Crippen molar-refractivity contribution in [2.75, 3.05) is 32.2 Å². The molecule has 9 nitrogen and oxygen atoms in total. The maximum atomic E-state index is 13.8. The molecule has 208 valence electrons. The number of amides is 1. The molecule has 0 atom stereocenters. The van der Waals surface area contributed by atoms with E-state index in [1.165, 1.54) is 10.9 Å². The lowest BCUT2D eigenvalue weighted by Crippen LogP contribution is -2.21. The van der Waals surface area contributed by atoms with Crippen LogP contribution in [0.25, 0.3) is 22.3 Å². The third kappa shape index (κ3) is 5.98. The van der Waals surface area contributed by atoms with Gasteiger partial charge in [-0.1, -0.05) is 26.0 Å². The molecule has 4 aromatic rings. The van der Waals surface area contributed by atoms with Gasteiger partial charge in [0.25, 0.3) is 11.5 Å². The van der Waals surface area contributed by atoms with Crippen LogP contribution >= 0.6 is 0 Å². The lowest BCUT2D eigenvalue weighted by molar-refractivity contribution is -0.119. The fourth-order valence-electron chi connectivity index (χ4n) is 4.38. The molecule has 0 aliphatic rings. The first kappa shape index (κ1) is 28.4. The second-order valence-corrected chi connectivity index (χ2v) is 9.98. The Morgan fingerprint density at radius 3 is 2.52 bits per heavy atom. The van der Waals surface area contributed by atoms with E-state index in [1.54, 1.807) is 18.2 Å². The van der Waals surface area contributed by atoms with Crippen molar-refractivity contribution >= 4 is 28.7 Å². The minimum atomic E-state index is -0.595. The molecule has 9 heteroatoms. The van der Waals surface area contributed by atoms with Crippen molar-refractivity contribution in [3.05, 3.63) is 81.6 Å². The lowest BCUT2D eigenvalue weighted by Gasteiger charge is -2.18. The highest BCUT2D eigenvalue weighted by Crippen LogP contribution is 2.34. The van der Waals surface area contributed by atoms with Crippen LogP contribution in [0.5, 0.6) is 11.5 Å². The quantitative estimate of drug-likeness (QED) is 0.291. The van der Waals surface area contributed by atoms with E-state index in [1.807, 2.05) is 69.2 Å². The zero-order valence-corrected chi connectivity index (χ0v) is 23.8. The van der Waals surface area contributed by atoms with E-state index in [9.17, 15) is 9.59 Å². The molecule has 2 N–H and O–H groups in total. The summed E-state index contributed by atoms with van der Waals surface area (Å²) < 4.78 is 12.9. The first-order valence-electron chi connectivity index (χ1n) is 13.2. The number of carbonyl (C=O) groups excluding carboxylic acids is 1. The van der Waals surface area contributed by atoms with Crippen molar-refractivity contribution in [1.29, 1.82) is 0 Å². The maximum absolute atomic E-state index is 13.8. The molecule has 0 aliphatic carbocycles. The van der Waals surface area contributed by atoms with Crippen molar-refractivity contribution in [2.24, 2.45) is 10.8 Å². The molecule has 1 heterocycles. The highest BCUT2D eigenvalue weighted by Gasteiger charge is 2.19. The van der Waals surface area contributed by atoms with Crippen molar-refractivity contribution < 1.29 is 14.3 Å². The van der Waals surface area contributed by atoms with Gasteiger partial charge in [-0.05, 0) is 67.3 Å². The molecule has 4 rings (SSSR count). The summed E-state index contributed by atoms with van der Waals surface area (Å²) in [5.41, 5.74) is 9.73. The van der Waals surface area contributed by atoms with Gasteiger partial charge >= 0.3 is 0 Å². The number of anilines is 1. The third-order valence-corrected chi connectivity index (χ3v) is 6.47. The largest absolute Gasteiger partial charge is 0.494 e. The summed E-state index contributed by atoms with van der Waals surface area (Å²) in [6.45, 7) is 8.38. The highest BCUT2D eigenvalue weighted by molar-refractivity contribution is 5.86. The number of nitrogens with two attached hydrogens (primary N) is 1. The minimum Gasteiger partial charge on any atom is -0.494 e. The first-order valence-corrected chi connectivity index (χ1v) is 13.2. The van der Waals surface area contributed by atoms with E-state index in [4.69, 9.17) is 20.2 Å². The summed E-state index contributed by atoms with van der Waals surface area (Å²) in [5.74, 6) is 1.23. The highest BCUT2D eigenvalue weighted by atomic mass is 16.5. The molecule has 0 fully saturated rings. The van der Waals surface area contributed by atoms with Crippen LogP contribution in [-0.2, 0) is 4.79 Å². The van der Waals surface area contributed by atoms with Gasteiger partial charge in [0.05, 0.1) is 23.7 Å². The van der Waals surface area contributed by atoms with Gasteiger partial charge in [-0.15, -0.1) is 0 Å². The standard InChI is InChI=1S/C31H35N5O4/c1-7-39-28-14-20(4)25(16-24(28)19(2)3)30-34-26-11-9-8-10-23(26)31(38)36(30)33-17-21-12-13-22(35(5)6)15-27(21)40-18-29(32)37/h8-17,19H,7,18H2,1-6H3,(H2,32,37). The number of para-hydroxylation sites is 1. The van der Waals surface area contributed by atoms with Crippen LogP contribution < -0.4 is 25.7 Å². The summed E-state index contributed by atoms with van der Waals surface area (Å²) in [6.07, 6.45) is 1.53. The van der Waals surface area contributed by atoms with Gasteiger partial charge in [0.1, 0.15) is 11.5 Å². The van der Waals surface area contributed by atoms with Crippen LogP contribution in [-0.4, -0.2) is 49.1 Å². The van der Waals surface area contributed by atoms with Crippen LogP contribution in [0.1, 0.15) is 43.4 Å². The minimum absolute atomic E-state index is 0.185. The number of hydrogen-bond acceptors (Lipinski definition) is 7. The van der Waals surface area contributed by atoms with Crippen molar-refractivity contribution in [3.63, 3.8) is 0 Å². The molecule has 1 amide bonds. The summed E-state index contributed by atoms with van der Waals surface area (Å²) in [6, 6.07) is 16.7. The number of aromatic nitrogens is 2. The summed E-state index contributed by atoms with van der Waals surface area (Å²) in [7, 11) is 3.80. The zero-order valence-electron chi connectivity index (χ0n) is 23.8. The van der Waals surface area contributed by atoms with Crippen molar-refractivity contribution in [2.45, 2.75) is 33.6 Å². The Balaban J connectivity index is 1.93. The molecule has 1 aromatic heterocycles. The van der Waals surface area contributed by atoms with Crippen LogP contribution in [0.3, 0.4) is 0 Å². The second-order valence-electron chi connectivity index (χ2n) is 9.98. The van der Waals surface area contributed by atoms with E-state index in [-0.39, 0.29) is 18.1 Å². The number of benzene rings is 3. The first-order chi connectivity index (χ1) is 19.1. The van der Waals surface area contributed by atoms with E-state index in [2.05, 4.69) is 18.9 Å². The fourth-order valence-corrected chi connectivity index (χ4v) is 4.38. The van der Waals surface area contributed by atoms with Gasteiger partial charge in [-0.3, -0.25) is 9.59 Å². The van der Waals surface area contributed by atoms with Gasteiger partial charge in [-0.25, -0.2) is 4.98 Å². The molecule has 0 unspecified atom stereocenters. The number of nitrogens with zero attached hydrogens (tertiary/aromatic N) is 4. The van der Waals surface area contributed by atoms with E-state index < -0.39 is 5.91 Å². The Hall–Kier alpha value is -4.66. The number of carbonyl (C=O) groups is 1. The average molecular weight is 542 g/mol. The predicted octanol–water partition coefficient (Wildman–Crippen LogP) is 4.71. The lowest BCUT2D eigenvalue weighted by atomic mass is 9.96. The van der Waals surface area contributed by atoms with Crippen molar-refractivity contribution in [3.8, 4) is 22.9 Å². The Bertz CT molecular complexity index is 1640. The van der Waals surface area contributed by atoms with Gasteiger partial charge in [0.15, 0.2) is 12.4 Å². The van der Waals surface area contributed by atoms with Crippen molar-refractivity contribution in [1.82, 2.24) is 9.66 Å². The summed E-state index contributed by atoms with van der Waals surface area (Å²) >= 11 is 0. The van der Waals surface area contributed by atoms with Crippen LogP contribution in [0.2, 0.25) is 0 Å². The molecule has 0 saturated heterocycles. The SMILES string of the molecule is CCOc1cc(C)c(-c2nc3ccccc3c(=O)n2N=Cc2ccc(N(C)C)cc2OCC(N)=O)cc1C(C)C. The Kier molecular flexibility index (Phi) is 8.52. The summed E-state index contributed by atoms with van der Waals surface area (Å²) in [5, 5.41) is 5.06. The molecule has 0 aliphatic heterocycles. The number of rotatable bonds is 10. The average Bonchev–Trinajstić information content (AvgIpc) is 2.91. The summed E-state index contributed by atoms with van der Waals surface area (Å²) in [4.78, 5) is 32.0. The maximum Gasteiger partial charge on any atom is 0.282 e. The molecule has 0 bridgehead atoms. The smallest absolute Gasteiger partial charge is 0.282 e. The number of fused-ring (bicyclic) bond motifs is 1. The van der Waals surface area contributed by atoms with Crippen LogP contribution in [0.4, 0.5) is 5.69 Å². The third-order valence-electron chi connectivity index (χ3n) is 6.47. The number of aryl methyl sites for hydroxylation is 1. The normalized spacial score (nSPS) is 11.4. The van der Waals surface area contributed by atoms with E-state index in [0.29, 0.717) is 34.6 Å². The molecule has 0 radical (unpaired) electrons. The van der Waals surface area contributed by atoms with Gasteiger partial charge in [0, 0.05) is 37.0 Å². The Morgan fingerprint density at radius 2 is 1.85 bits per heavy atom. The Morgan fingerprint density at radius 1 is 1.10 bits per heavy atom. The van der Waals surface area contributed by atoms with Gasteiger partial charge in [-0.2, -0.15) is 9.78 Å². The molecule has 0 spiro atoms. The van der Waals surface area contributed by atoms with Gasteiger partial charge in [0.2, 0.25) is 0 Å². The van der Waals surface area contributed by atoms with Gasteiger partial charge < -0.3 is 20.1 Å². The monoisotopic (exact) mass is 541 g/mol. The number of ether oxygens (including phenoxy) is 2. The van der Waals surface area contributed by atoms with E-state index >= 15 is 0 Å². The molecular weight excluding hydrogens is 506 g/mol. The van der Waals surface area contributed by atoms with Crippen LogP contribution in [0, 0.1) is 6.92 Å². The topological polar surface area (TPSA) is 112 Å². The predicted molar refractivity (Wildman–Crippen MR) is 160 cm³/mol. The molecule has 3 aromatic carbocycles. The Labute approximate surface area is 233 Å². The molecule has 0 saturated carbocycles. The zero-order chi connectivity index (χ0) is 29.0. The fraction of sp³-hybridized carbons (Fsp3) is 0.290. The van der Waals surface area contributed by atoms with E-state index in [0.717, 1.165) is 28.1 Å². The van der Waals surface area contributed by atoms with Crippen LogP contribution in [0.15, 0.2) is 64.5 Å². The molecule has 40 heavy (non-hydrogen) atoms. The number of hydrogen-bond donors (Lipinski definition) is 1. The second kappa shape index (κ2) is 12.0. The molecular formula is C31H35N5O4. The number of primary amides is 1.